The summed E-state index contributed by atoms with van der Waals surface area (Å²) in [6.07, 6.45) is 5.31. The molecular formula is C13H25N3O2. The maximum absolute atomic E-state index is 11.9. The average Bonchev–Trinajstić information content (AvgIpc) is 2.31. The van der Waals surface area contributed by atoms with Gasteiger partial charge in [0.25, 0.3) is 0 Å². The zero-order valence-corrected chi connectivity index (χ0v) is 11.3. The fourth-order valence-electron chi connectivity index (χ4n) is 2.65. The highest BCUT2D eigenvalue weighted by molar-refractivity contribution is 5.78. The van der Waals surface area contributed by atoms with E-state index < -0.39 is 0 Å². The van der Waals surface area contributed by atoms with E-state index in [1.807, 2.05) is 0 Å². The molecule has 5 nitrogen and oxygen atoms in total. The van der Waals surface area contributed by atoms with E-state index in [2.05, 4.69) is 10.2 Å². The summed E-state index contributed by atoms with van der Waals surface area (Å²) in [4.78, 5) is 14.0. The molecule has 0 aromatic heterocycles. The van der Waals surface area contributed by atoms with Crippen molar-refractivity contribution in [1.82, 2.24) is 10.2 Å². The molecule has 0 aromatic rings. The largest absolute Gasteiger partial charge is 0.376 e. The van der Waals surface area contributed by atoms with Crippen LogP contribution in [-0.4, -0.2) is 55.7 Å². The van der Waals surface area contributed by atoms with E-state index in [-0.39, 0.29) is 11.5 Å². The number of carbonyl (C=O) groups is 1. The van der Waals surface area contributed by atoms with Crippen LogP contribution >= 0.6 is 0 Å². The van der Waals surface area contributed by atoms with E-state index >= 15 is 0 Å². The number of piperidine rings is 1. The van der Waals surface area contributed by atoms with Crippen LogP contribution in [0.4, 0.5) is 0 Å². The standard InChI is InChI=1S/C13H25N3O2/c1-18-13(5-2-6-13)10-15-12(17)9-16-7-3-11(14)4-8-16/h11H,2-10,14H2,1H3,(H,15,17). The number of rotatable bonds is 5. The molecule has 1 heterocycles. The molecule has 1 amide bonds. The Hall–Kier alpha value is -0.650. The van der Waals surface area contributed by atoms with Crippen LogP contribution in [0.5, 0.6) is 0 Å². The Balaban J connectivity index is 1.66. The quantitative estimate of drug-likeness (QED) is 0.731. The predicted octanol–water partition coefficient (Wildman–Crippen LogP) is 0.0948. The van der Waals surface area contributed by atoms with E-state index in [1.165, 1.54) is 6.42 Å². The number of methoxy groups -OCH3 is 1. The van der Waals surface area contributed by atoms with Gasteiger partial charge in [0.05, 0.1) is 12.1 Å². The third-order valence-electron chi connectivity index (χ3n) is 4.30. The summed E-state index contributed by atoms with van der Waals surface area (Å²) < 4.78 is 5.48. The lowest BCUT2D eigenvalue weighted by Crippen LogP contribution is -2.51. The van der Waals surface area contributed by atoms with Crippen LogP contribution in [-0.2, 0) is 9.53 Å². The van der Waals surface area contributed by atoms with Gasteiger partial charge in [-0.25, -0.2) is 0 Å². The third kappa shape index (κ3) is 3.43. The Labute approximate surface area is 109 Å². The van der Waals surface area contributed by atoms with Gasteiger partial charge in [0.15, 0.2) is 0 Å². The molecule has 104 valence electrons. The van der Waals surface area contributed by atoms with Gasteiger partial charge in [-0.05, 0) is 32.1 Å². The van der Waals surface area contributed by atoms with Gasteiger partial charge in [-0.15, -0.1) is 0 Å². The fourth-order valence-corrected chi connectivity index (χ4v) is 2.65. The maximum atomic E-state index is 11.9. The van der Waals surface area contributed by atoms with Crippen molar-refractivity contribution < 1.29 is 9.53 Å². The van der Waals surface area contributed by atoms with Crippen molar-refractivity contribution in [2.24, 2.45) is 5.73 Å². The van der Waals surface area contributed by atoms with Crippen LogP contribution in [0.1, 0.15) is 32.1 Å². The van der Waals surface area contributed by atoms with E-state index in [1.54, 1.807) is 7.11 Å². The minimum atomic E-state index is -0.0834. The van der Waals surface area contributed by atoms with Crippen molar-refractivity contribution in [3.05, 3.63) is 0 Å². The van der Waals surface area contributed by atoms with Crippen molar-refractivity contribution in [3.63, 3.8) is 0 Å². The van der Waals surface area contributed by atoms with Crippen molar-refractivity contribution >= 4 is 5.91 Å². The second-order valence-corrected chi connectivity index (χ2v) is 5.63. The van der Waals surface area contributed by atoms with Crippen molar-refractivity contribution in [2.45, 2.75) is 43.7 Å². The number of nitrogens with zero attached hydrogens (tertiary/aromatic N) is 1. The SMILES string of the molecule is COC1(CNC(=O)CN2CCC(N)CC2)CCC1. The number of nitrogens with two attached hydrogens (primary N) is 1. The lowest BCUT2D eigenvalue weighted by atomic mass is 9.80. The molecule has 1 aliphatic carbocycles. The number of hydrogen-bond donors (Lipinski definition) is 2. The molecule has 2 fully saturated rings. The highest BCUT2D eigenvalue weighted by Crippen LogP contribution is 2.34. The summed E-state index contributed by atoms with van der Waals surface area (Å²) in [5.74, 6) is 0.105. The molecular weight excluding hydrogens is 230 g/mol. The van der Waals surface area contributed by atoms with Gasteiger partial charge in [0.2, 0.25) is 5.91 Å². The Morgan fingerprint density at radius 1 is 1.44 bits per heavy atom. The summed E-state index contributed by atoms with van der Waals surface area (Å²) in [5.41, 5.74) is 5.76. The number of amides is 1. The first-order valence-corrected chi connectivity index (χ1v) is 6.93. The van der Waals surface area contributed by atoms with Crippen LogP contribution in [0.3, 0.4) is 0 Å². The minimum Gasteiger partial charge on any atom is -0.376 e. The van der Waals surface area contributed by atoms with Crippen LogP contribution in [0.15, 0.2) is 0 Å². The second-order valence-electron chi connectivity index (χ2n) is 5.63. The number of likely N-dealkylation sites (tertiary alicyclic amines) is 1. The Morgan fingerprint density at radius 3 is 2.61 bits per heavy atom. The third-order valence-corrected chi connectivity index (χ3v) is 4.30. The molecule has 0 atom stereocenters. The van der Waals surface area contributed by atoms with E-state index in [9.17, 15) is 4.79 Å². The minimum absolute atomic E-state index is 0.0834. The Morgan fingerprint density at radius 2 is 2.11 bits per heavy atom. The van der Waals surface area contributed by atoms with Crippen LogP contribution in [0.2, 0.25) is 0 Å². The van der Waals surface area contributed by atoms with Gasteiger partial charge in [-0.2, -0.15) is 0 Å². The molecule has 2 aliphatic rings. The summed E-state index contributed by atoms with van der Waals surface area (Å²) >= 11 is 0. The van der Waals surface area contributed by atoms with Crippen LogP contribution < -0.4 is 11.1 Å². The molecule has 3 N–H and O–H groups in total. The number of ether oxygens (including phenoxy) is 1. The molecule has 0 bridgehead atoms. The van der Waals surface area contributed by atoms with Gasteiger partial charge in [-0.3, -0.25) is 9.69 Å². The van der Waals surface area contributed by atoms with E-state index in [0.717, 1.165) is 38.8 Å². The van der Waals surface area contributed by atoms with Crippen LogP contribution in [0.25, 0.3) is 0 Å². The highest BCUT2D eigenvalue weighted by atomic mass is 16.5. The maximum Gasteiger partial charge on any atom is 0.234 e. The number of carbonyl (C=O) groups excluding carboxylic acids is 1. The zero-order valence-electron chi connectivity index (χ0n) is 11.3. The van der Waals surface area contributed by atoms with Gasteiger partial charge in [0.1, 0.15) is 0 Å². The molecule has 2 rings (SSSR count). The van der Waals surface area contributed by atoms with Gasteiger partial charge < -0.3 is 15.8 Å². The normalized spacial score (nSPS) is 24.6. The first kappa shape index (κ1) is 13.8. The van der Waals surface area contributed by atoms with Gasteiger partial charge >= 0.3 is 0 Å². The smallest absolute Gasteiger partial charge is 0.234 e. The first-order chi connectivity index (χ1) is 8.63. The van der Waals surface area contributed by atoms with E-state index in [0.29, 0.717) is 19.1 Å². The number of hydrogen-bond acceptors (Lipinski definition) is 4. The summed E-state index contributed by atoms with van der Waals surface area (Å²) in [6, 6.07) is 0.316. The molecule has 1 aliphatic heterocycles. The second kappa shape index (κ2) is 5.99. The zero-order chi connectivity index (χ0) is 13.0. The lowest BCUT2D eigenvalue weighted by molar-refractivity contribution is -0.126. The van der Waals surface area contributed by atoms with Gasteiger partial charge in [-0.1, -0.05) is 0 Å². The molecule has 1 saturated heterocycles. The van der Waals surface area contributed by atoms with E-state index in [4.69, 9.17) is 10.5 Å². The molecule has 18 heavy (non-hydrogen) atoms. The monoisotopic (exact) mass is 255 g/mol. The molecule has 5 heteroatoms. The molecule has 0 aromatic carbocycles. The lowest BCUT2D eigenvalue weighted by Gasteiger charge is -2.40. The average molecular weight is 255 g/mol. The van der Waals surface area contributed by atoms with Gasteiger partial charge in [0, 0.05) is 32.8 Å². The Kier molecular flexibility index (Phi) is 4.59. The summed E-state index contributed by atoms with van der Waals surface area (Å²) in [7, 11) is 1.73. The fraction of sp³-hybridized carbons (Fsp3) is 0.923. The molecule has 1 saturated carbocycles. The summed E-state index contributed by atoms with van der Waals surface area (Å²) in [6.45, 7) is 3.01. The number of nitrogens with one attached hydrogen (secondary N) is 1. The van der Waals surface area contributed by atoms with Crippen molar-refractivity contribution in [2.75, 3.05) is 33.3 Å². The highest BCUT2D eigenvalue weighted by Gasteiger charge is 2.37. The Bertz CT molecular complexity index is 278. The molecule has 0 unspecified atom stereocenters. The van der Waals surface area contributed by atoms with Crippen LogP contribution in [0, 0.1) is 0 Å². The van der Waals surface area contributed by atoms with Crippen molar-refractivity contribution in [1.29, 1.82) is 0 Å². The molecule has 0 spiro atoms. The predicted molar refractivity (Wildman–Crippen MR) is 70.3 cm³/mol. The van der Waals surface area contributed by atoms with Crippen molar-refractivity contribution in [3.8, 4) is 0 Å². The topological polar surface area (TPSA) is 67.6 Å². The first-order valence-electron chi connectivity index (χ1n) is 6.93. The molecule has 0 radical (unpaired) electrons. The summed E-state index contributed by atoms with van der Waals surface area (Å²) in [5, 5.41) is 3.00.